The summed E-state index contributed by atoms with van der Waals surface area (Å²) < 4.78 is 2.06. The van der Waals surface area contributed by atoms with Gasteiger partial charge < -0.3 is 10.6 Å². The quantitative estimate of drug-likeness (QED) is 0.908. The van der Waals surface area contributed by atoms with Gasteiger partial charge >= 0.3 is 0 Å². The number of rotatable bonds is 4. The lowest BCUT2D eigenvalue weighted by atomic mass is 9.88. The highest BCUT2D eigenvalue weighted by Gasteiger charge is 2.28. The van der Waals surface area contributed by atoms with Crippen molar-refractivity contribution in [2.75, 3.05) is 18.0 Å². The van der Waals surface area contributed by atoms with Gasteiger partial charge in [0.25, 0.3) is 5.56 Å². The van der Waals surface area contributed by atoms with Crippen LogP contribution in [-0.2, 0) is 6.54 Å². The first-order valence-electron chi connectivity index (χ1n) is 7.34. The Hall–Kier alpha value is -0.880. The summed E-state index contributed by atoms with van der Waals surface area (Å²) in [5.41, 5.74) is 6.74. The van der Waals surface area contributed by atoms with Gasteiger partial charge in [0.1, 0.15) is 4.47 Å². The average Bonchev–Trinajstić information content (AvgIpc) is 2.49. The van der Waals surface area contributed by atoms with Crippen LogP contribution in [0, 0.1) is 5.92 Å². The third-order valence-electron chi connectivity index (χ3n) is 4.25. The second-order valence-electron chi connectivity index (χ2n) is 5.35. The van der Waals surface area contributed by atoms with Crippen LogP contribution in [0.1, 0.15) is 33.1 Å². The molecule has 0 amide bonds. The van der Waals surface area contributed by atoms with Crippen LogP contribution in [0.15, 0.2) is 15.5 Å². The maximum atomic E-state index is 12.2. The lowest BCUT2D eigenvalue weighted by Crippen LogP contribution is -2.47. The van der Waals surface area contributed by atoms with Crippen molar-refractivity contribution in [2.45, 2.75) is 45.7 Å². The van der Waals surface area contributed by atoms with Gasteiger partial charge in [0.05, 0.1) is 11.9 Å². The lowest BCUT2D eigenvalue weighted by molar-refractivity contribution is 0.335. The molecule has 2 rings (SSSR count). The van der Waals surface area contributed by atoms with Gasteiger partial charge in [-0.2, -0.15) is 5.10 Å². The molecule has 2 N–H and O–H groups in total. The fourth-order valence-electron chi connectivity index (χ4n) is 2.93. The van der Waals surface area contributed by atoms with E-state index in [1.54, 1.807) is 6.20 Å². The maximum Gasteiger partial charge on any atom is 0.283 e. The molecule has 1 fully saturated rings. The van der Waals surface area contributed by atoms with Crippen molar-refractivity contribution >= 4 is 21.6 Å². The smallest absolute Gasteiger partial charge is 0.283 e. The van der Waals surface area contributed by atoms with E-state index < -0.39 is 0 Å². The molecule has 112 valence electrons. The first-order chi connectivity index (χ1) is 9.62. The average molecular weight is 343 g/mol. The van der Waals surface area contributed by atoms with Gasteiger partial charge in [-0.15, -0.1) is 0 Å². The standard InChI is InChI=1S/C14H23BrN4O/c1-3-10-5-6-18(11(7-10)8-16)12-9-17-19(4-2)14(20)13(12)15/h9-11H,3-8,16H2,1-2H3. The topological polar surface area (TPSA) is 64.2 Å². The van der Waals surface area contributed by atoms with Gasteiger partial charge in [0.15, 0.2) is 0 Å². The fraction of sp³-hybridized carbons (Fsp3) is 0.714. The molecule has 6 heteroatoms. The fourth-order valence-corrected chi connectivity index (χ4v) is 3.46. The second-order valence-corrected chi connectivity index (χ2v) is 6.14. The highest BCUT2D eigenvalue weighted by atomic mass is 79.9. The van der Waals surface area contributed by atoms with Crippen molar-refractivity contribution < 1.29 is 0 Å². The minimum absolute atomic E-state index is 0.0709. The molecule has 0 aliphatic carbocycles. The van der Waals surface area contributed by atoms with Crippen LogP contribution in [0.4, 0.5) is 5.69 Å². The van der Waals surface area contributed by atoms with Gasteiger partial charge in [-0.05, 0) is 41.6 Å². The SMILES string of the molecule is CCC1CCN(c2cnn(CC)c(=O)c2Br)C(CN)C1. The predicted octanol–water partition coefficient (Wildman–Crippen LogP) is 1.98. The van der Waals surface area contributed by atoms with Crippen molar-refractivity contribution in [2.24, 2.45) is 11.7 Å². The molecule has 2 unspecified atom stereocenters. The molecular formula is C14H23BrN4O. The van der Waals surface area contributed by atoms with Gasteiger partial charge in [-0.1, -0.05) is 13.3 Å². The van der Waals surface area contributed by atoms with Gasteiger partial charge in [0, 0.05) is 25.7 Å². The van der Waals surface area contributed by atoms with E-state index in [9.17, 15) is 4.79 Å². The number of aromatic nitrogens is 2. The molecule has 0 radical (unpaired) electrons. The summed E-state index contributed by atoms with van der Waals surface area (Å²) in [6, 6.07) is 0.295. The molecule has 0 aromatic carbocycles. The monoisotopic (exact) mass is 342 g/mol. The summed E-state index contributed by atoms with van der Waals surface area (Å²) in [6.45, 7) is 6.27. The third kappa shape index (κ3) is 2.91. The zero-order valence-electron chi connectivity index (χ0n) is 12.2. The summed E-state index contributed by atoms with van der Waals surface area (Å²) in [4.78, 5) is 14.4. The summed E-state index contributed by atoms with van der Waals surface area (Å²) >= 11 is 3.44. The number of nitrogens with two attached hydrogens (primary N) is 1. The highest BCUT2D eigenvalue weighted by molar-refractivity contribution is 9.10. The van der Waals surface area contributed by atoms with Crippen LogP contribution < -0.4 is 16.2 Å². The Bertz CT molecular complexity index is 516. The zero-order valence-corrected chi connectivity index (χ0v) is 13.8. The molecule has 1 aliphatic rings. The number of anilines is 1. The van der Waals surface area contributed by atoms with E-state index in [-0.39, 0.29) is 5.56 Å². The first-order valence-corrected chi connectivity index (χ1v) is 8.13. The highest BCUT2D eigenvalue weighted by Crippen LogP contribution is 2.31. The largest absolute Gasteiger partial charge is 0.365 e. The Kier molecular flexibility index (Phi) is 5.21. The van der Waals surface area contributed by atoms with Crippen molar-refractivity contribution in [3.8, 4) is 0 Å². The number of halogens is 1. The molecule has 0 spiro atoms. The van der Waals surface area contributed by atoms with E-state index >= 15 is 0 Å². The van der Waals surface area contributed by atoms with Crippen LogP contribution in [-0.4, -0.2) is 28.9 Å². The van der Waals surface area contributed by atoms with E-state index in [1.807, 2.05) is 6.92 Å². The Labute approximate surface area is 128 Å². The van der Waals surface area contributed by atoms with E-state index in [1.165, 1.54) is 11.1 Å². The number of aryl methyl sites for hydroxylation is 1. The number of hydrogen-bond acceptors (Lipinski definition) is 4. The minimum Gasteiger partial charge on any atom is -0.365 e. The molecule has 20 heavy (non-hydrogen) atoms. The lowest BCUT2D eigenvalue weighted by Gasteiger charge is -2.40. The molecule has 0 bridgehead atoms. The van der Waals surface area contributed by atoms with Crippen molar-refractivity contribution in [1.29, 1.82) is 0 Å². The number of piperidine rings is 1. The van der Waals surface area contributed by atoms with Crippen molar-refractivity contribution in [3.63, 3.8) is 0 Å². The first kappa shape index (κ1) is 15.5. The third-order valence-corrected chi connectivity index (χ3v) is 4.99. The summed E-state index contributed by atoms with van der Waals surface area (Å²) in [6.07, 6.45) is 5.22. The molecule has 1 aromatic heterocycles. The molecule has 5 nitrogen and oxygen atoms in total. The molecule has 2 heterocycles. The van der Waals surface area contributed by atoms with Crippen LogP contribution >= 0.6 is 15.9 Å². The maximum absolute atomic E-state index is 12.2. The summed E-state index contributed by atoms with van der Waals surface area (Å²) in [7, 11) is 0. The predicted molar refractivity (Wildman–Crippen MR) is 85.1 cm³/mol. The van der Waals surface area contributed by atoms with E-state index in [0.717, 1.165) is 31.0 Å². The molecule has 1 saturated heterocycles. The molecular weight excluding hydrogens is 320 g/mol. The Balaban J connectivity index is 2.31. The molecule has 1 aromatic rings. The summed E-state index contributed by atoms with van der Waals surface area (Å²) in [5, 5.41) is 4.23. The van der Waals surface area contributed by atoms with Crippen LogP contribution in [0.3, 0.4) is 0 Å². The van der Waals surface area contributed by atoms with E-state index in [0.29, 0.717) is 23.6 Å². The number of hydrogen-bond donors (Lipinski definition) is 1. The Morgan fingerprint density at radius 3 is 2.85 bits per heavy atom. The Morgan fingerprint density at radius 2 is 2.25 bits per heavy atom. The molecule has 2 atom stereocenters. The van der Waals surface area contributed by atoms with Gasteiger partial charge in [-0.25, -0.2) is 4.68 Å². The minimum atomic E-state index is -0.0709. The zero-order chi connectivity index (χ0) is 14.7. The van der Waals surface area contributed by atoms with Crippen LogP contribution in [0.25, 0.3) is 0 Å². The van der Waals surface area contributed by atoms with E-state index in [2.05, 4.69) is 32.9 Å². The van der Waals surface area contributed by atoms with Gasteiger partial charge in [0.2, 0.25) is 0 Å². The summed E-state index contributed by atoms with van der Waals surface area (Å²) in [5.74, 6) is 0.738. The normalized spacial score (nSPS) is 23.1. The molecule has 1 aliphatic heterocycles. The number of nitrogens with zero attached hydrogens (tertiary/aromatic N) is 3. The van der Waals surface area contributed by atoms with Crippen molar-refractivity contribution in [3.05, 3.63) is 21.0 Å². The molecule has 0 saturated carbocycles. The van der Waals surface area contributed by atoms with Crippen LogP contribution in [0.2, 0.25) is 0 Å². The van der Waals surface area contributed by atoms with Crippen LogP contribution in [0.5, 0.6) is 0 Å². The van der Waals surface area contributed by atoms with Gasteiger partial charge in [-0.3, -0.25) is 4.79 Å². The second kappa shape index (κ2) is 6.72. The van der Waals surface area contributed by atoms with Crippen molar-refractivity contribution in [1.82, 2.24) is 9.78 Å². The van der Waals surface area contributed by atoms with E-state index in [4.69, 9.17) is 5.73 Å². The Morgan fingerprint density at radius 1 is 1.50 bits per heavy atom.